The second-order valence-electron chi connectivity index (χ2n) is 8.01. The van der Waals surface area contributed by atoms with E-state index in [-0.39, 0.29) is 29.3 Å². The van der Waals surface area contributed by atoms with Gasteiger partial charge in [0.1, 0.15) is 5.69 Å². The smallest absolute Gasteiger partial charge is 0.433 e. The molecule has 8 nitrogen and oxygen atoms in total. The number of hydrogen-bond donors (Lipinski definition) is 2. The molecule has 1 aliphatic rings. The SMILES string of the molecule is COc1ncc2c(N3CC(C)NC(C)C3)ccc(C(=O)Nc3ccc(C(F)(F)F)nc3)c2n1. The van der Waals surface area contributed by atoms with Crippen molar-refractivity contribution in [2.24, 2.45) is 0 Å². The number of anilines is 2. The highest BCUT2D eigenvalue weighted by molar-refractivity contribution is 6.13. The molecule has 0 saturated carbocycles. The zero-order valence-electron chi connectivity index (χ0n) is 18.3. The lowest BCUT2D eigenvalue weighted by Crippen LogP contribution is -2.54. The molecule has 3 heterocycles. The third-order valence-corrected chi connectivity index (χ3v) is 5.34. The molecule has 0 spiro atoms. The van der Waals surface area contributed by atoms with Crippen molar-refractivity contribution in [2.45, 2.75) is 32.1 Å². The van der Waals surface area contributed by atoms with Gasteiger partial charge >= 0.3 is 12.2 Å². The van der Waals surface area contributed by atoms with Crippen LogP contribution in [0.5, 0.6) is 6.01 Å². The molecule has 174 valence electrons. The number of nitrogens with one attached hydrogen (secondary N) is 2. The van der Waals surface area contributed by atoms with Crippen LogP contribution in [0.3, 0.4) is 0 Å². The third kappa shape index (κ3) is 4.82. The Bertz CT molecular complexity index is 1160. The first kappa shape index (κ1) is 22.7. The number of nitrogens with zero attached hydrogens (tertiary/aromatic N) is 4. The first-order valence-corrected chi connectivity index (χ1v) is 10.3. The number of fused-ring (bicyclic) bond motifs is 1. The number of benzene rings is 1. The average molecular weight is 460 g/mol. The first-order valence-electron chi connectivity index (χ1n) is 10.3. The predicted octanol–water partition coefficient (Wildman–Crippen LogP) is 3.49. The number of pyridine rings is 1. The number of hydrogen-bond acceptors (Lipinski definition) is 7. The summed E-state index contributed by atoms with van der Waals surface area (Å²) >= 11 is 0. The Morgan fingerprint density at radius 2 is 1.85 bits per heavy atom. The van der Waals surface area contributed by atoms with Crippen LogP contribution in [0.25, 0.3) is 10.9 Å². The molecule has 2 N–H and O–H groups in total. The minimum Gasteiger partial charge on any atom is -0.467 e. The number of alkyl halides is 3. The summed E-state index contributed by atoms with van der Waals surface area (Å²) in [6.45, 7) is 5.75. The lowest BCUT2D eigenvalue weighted by molar-refractivity contribution is -0.141. The van der Waals surface area contributed by atoms with E-state index in [1.54, 1.807) is 12.3 Å². The van der Waals surface area contributed by atoms with Gasteiger partial charge < -0.3 is 20.3 Å². The van der Waals surface area contributed by atoms with Crippen molar-refractivity contribution in [3.05, 3.63) is 47.9 Å². The summed E-state index contributed by atoms with van der Waals surface area (Å²) in [5.41, 5.74) is 0.616. The number of rotatable bonds is 4. The Kier molecular flexibility index (Phi) is 6.07. The van der Waals surface area contributed by atoms with E-state index in [2.05, 4.69) is 44.3 Å². The van der Waals surface area contributed by atoms with E-state index < -0.39 is 17.8 Å². The summed E-state index contributed by atoms with van der Waals surface area (Å²) in [5, 5.41) is 6.74. The fraction of sp³-hybridized carbons (Fsp3) is 0.364. The largest absolute Gasteiger partial charge is 0.467 e. The summed E-state index contributed by atoms with van der Waals surface area (Å²) in [6.07, 6.45) is -1.97. The van der Waals surface area contributed by atoms with Crippen molar-refractivity contribution in [3.8, 4) is 6.01 Å². The van der Waals surface area contributed by atoms with Crippen LogP contribution in [0.1, 0.15) is 29.9 Å². The Balaban J connectivity index is 1.69. The number of halogens is 3. The number of ether oxygens (including phenoxy) is 1. The molecule has 33 heavy (non-hydrogen) atoms. The molecule has 1 fully saturated rings. The molecule has 2 unspecified atom stereocenters. The fourth-order valence-electron chi connectivity index (χ4n) is 4.00. The summed E-state index contributed by atoms with van der Waals surface area (Å²) < 4.78 is 43.4. The van der Waals surface area contributed by atoms with Crippen LogP contribution in [0, 0.1) is 0 Å². The number of piperazine rings is 1. The summed E-state index contributed by atoms with van der Waals surface area (Å²) in [6, 6.07) is 6.11. The molecular formula is C22H23F3N6O2. The topological polar surface area (TPSA) is 92.3 Å². The Labute approximate surface area is 188 Å². The first-order chi connectivity index (χ1) is 15.7. The van der Waals surface area contributed by atoms with Crippen LogP contribution >= 0.6 is 0 Å². The van der Waals surface area contributed by atoms with Crippen LogP contribution in [0.2, 0.25) is 0 Å². The van der Waals surface area contributed by atoms with Gasteiger partial charge in [0, 0.05) is 42.4 Å². The van der Waals surface area contributed by atoms with Gasteiger partial charge in [-0.2, -0.15) is 18.2 Å². The highest BCUT2D eigenvalue weighted by Gasteiger charge is 2.32. The van der Waals surface area contributed by atoms with Crippen molar-refractivity contribution < 1.29 is 22.7 Å². The molecule has 2 aromatic heterocycles. The van der Waals surface area contributed by atoms with E-state index >= 15 is 0 Å². The minimum atomic E-state index is -4.55. The lowest BCUT2D eigenvalue weighted by atomic mass is 10.0. The maximum absolute atomic E-state index is 13.0. The van der Waals surface area contributed by atoms with Crippen molar-refractivity contribution in [1.82, 2.24) is 20.3 Å². The van der Waals surface area contributed by atoms with Gasteiger partial charge in [0.05, 0.1) is 30.1 Å². The van der Waals surface area contributed by atoms with Crippen molar-refractivity contribution in [3.63, 3.8) is 0 Å². The van der Waals surface area contributed by atoms with Crippen molar-refractivity contribution in [1.29, 1.82) is 0 Å². The molecule has 11 heteroatoms. The molecule has 1 amide bonds. The molecular weight excluding hydrogens is 437 g/mol. The predicted molar refractivity (Wildman–Crippen MR) is 118 cm³/mol. The van der Waals surface area contributed by atoms with Crippen LogP contribution in [0.15, 0.2) is 36.7 Å². The standard InChI is InChI=1S/C22H23F3N6O2/c1-12-10-31(11-13(2)28-12)17-6-5-15(19-16(17)9-27-21(30-19)33-3)20(32)29-14-4-7-18(26-8-14)22(23,24)25/h4-9,12-13,28H,10-11H2,1-3H3,(H,29,32). The number of amides is 1. The maximum Gasteiger partial charge on any atom is 0.433 e. The van der Waals surface area contributed by atoms with Gasteiger partial charge in [0.2, 0.25) is 0 Å². The van der Waals surface area contributed by atoms with E-state index in [0.717, 1.165) is 37.1 Å². The quantitative estimate of drug-likeness (QED) is 0.616. The third-order valence-electron chi connectivity index (χ3n) is 5.34. The Morgan fingerprint density at radius 1 is 1.12 bits per heavy atom. The monoisotopic (exact) mass is 460 g/mol. The molecule has 1 aliphatic heterocycles. The lowest BCUT2D eigenvalue weighted by Gasteiger charge is -2.38. The highest BCUT2D eigenvalue weighted by atomic mass is 19.4. The van der Waals surface area contributed by atoms with Gasteiger partial charge in [-0.1, -0.05) is 0 Å². The van der Waals surface area contributed by atoms with E-state index in [4.69, 9.17) is 4.74 Å². The molecule has 4 rings (SSSR count). The minimum absolute atomic E-state index is 0.104. The number of aromatic nitrogens is 3. The zero-order chi connectivity index (χ0) is 23.8. The normalized spacial score (nSPS) is 18.9. The number of carbonyl (C=O) groups excluding carboxylic acids is 1. The van der Waals surface area contributed by atoms with Gasteiger partial charge in [-0.15, -0.1) is 0 Å². The van der Waals surface area contributed by atoms with E-state index in [9.17, 15) is 18.0 Å². The van der Waals surface area contributed by atoms with Crippen LogP contribution < -0.4 is 20.3 Å². The van der Waals surface area contributed by atoms with E-state index in [0.29, 0.717) is 10.9 Å². The Hall–Kier alpha value is -3.47. The van der Waals surface area contributed by atoms with Crippen LogP contribution in [0.4, 0.5) is 24.5 Å². The van der Waals surface area contributed by atoms with E-state index in [1.165, 1.54) is 7.11 Å². The van der Waals surface area contributed by atoms with Gasteiger partial charge in [-0.3, -0.25) is 4.79 Å². The molecule has 0 bridgehead atoms. The summed E-state index contributed by atoms with van der Waals surface area (Å²) in [7, 11) is 1.43. The van der Waals surface area contributed by atoms with Crippen LogP contribution in [-0.4, -0.2) is 53.1 Å². The molecule has 0 aliphatic carbocycles. The molecule has 1 saturated heterocycles. The number of carbonyl (C=O) groups is 1. The zero-order valence-corrected chi connectivity index (χ0v) is 18.3. The van der Waals surface area contributed by atoms with Crippen LogP contribution in [-0.2, 0) is 6.18 Å². The molecule has 2 atom stereocenters. The van der Waals surface area contributed by atoms with Gasteiger partial charge in [-0.05, 0) is 38.1 Å². The second kappa shape index (κ2) is 8.81. The Morgan fingerprint density at radius 3 is 2.45 bits per heavy atom. The van der Waals surface area contributed by atoms with Gasteiger partial charge in [-0.25, -0.2) is 9.97 Å². The summed E-state index contributed by atoms with van der Waals surface area (Å²) in [5.74, 6) is -0.532. The average Bonchev–Trinajstić information content (AvgIpc) is 2.77. The number of methoxy groups -OCH3 is 1. The highest BCUT2D eigenvalue weighted by Crippen LogP contribution is 2.31. The summed E-state index contributed by atoms with van der Waals surface area (Å²) in [4.78, 5) is 27.2. The maximum atomic E-state index is 13.0. The molecule has 3 aromatic rings. The van der Waals surface area contributed by atoms with E-state index in [1.807, 2.05) is 6.07 Å². The second-order valence-corrected chi connectivity index (χ2v) is 8.01. The fourth-order valence-corrected chi connectivity index (χ4v) is 4.00. The van der Waals surface area contributed by atoms with Crippen molar-refractivity contribution >= 4 is 28.2 Å². The van der Waals surface area contributed by atoms with Crippen molar-refractivity contribution in [2.75, 3.05) is 30.4 Å². The molecule has 1 aromatic carbocycles. The van der Waals surface area contributed by atoms with Gasteiger partial charge in [0.15, 0.2) is 0 Å². The van der Waals surface area contributed by atoms with Gasteiger partial charge in [0.25, 0.3) is 5.91 Å². The molecule has 0 radical (unpaired) electrons.